The molecule has 0 radical (unpaired) electrons. The second-order valence-electron chi connectivity index (χ2n) is 5.95. The molecular formula is C19H23NaO5S. The largest absolute Gasteiger partial charge is 1.00 e. The monoisotopic (exact) mass is 386 g/mol. The van der Waals surface area contributed by atoms with Crippen LogP contribution in [0.5, 0.6) is 17.2 Å². The molecule has 0 fully saturated rings. The van der Waals surface area contributed by atoms with Crippen molar-refractivity contribution in [3.63, 3.8) is 0 Å². The molecule has 0 heterocycles. The average Bonchev–Trinajstić information content (AvgIpc) is 2.56. The molecule has 2 aromatic carbocycles. The van der Waals surface area contributed by atoms with E-state index in [1.165, 1.54) is 30.7 Å². The van der Waals surface area contributed by atoms with Crippen molar-refractivity contribution in [2.45, 2.75) is 50.3 Å². The molecule has 2 aromatic rings. The van der Waals surface area contributed by atoms with Gasteiger partial charge in [0.25, 0.3) is 10.1 Å². The quantitative estimate of drug-likeness (QED) is 0.399. The molecule has 0 amide bonds. The van der Waals surface area contributed by atoms with Crippen LogP contribution in [0.1, 0.15) is 44.6 Å². The zero-order chi connectivity index (χ0) is 18.3. The Hall–Kier alpha value is -1.05. The molecule has 0 aliphatic rings. The van der Waals surface area contributed by atoms with E-state index in [9.17, 15) is 13.5 Å². The summed E-state index contributed by atoms with van der Waals surface area (Å²) in [5.41, 5.74) is 0.594. The van der Waals surface area contributed by atoms with E-state index in [1.54, 1.807) is 18.2 Å². The van der Waals surface area contributed by atoms with Gasteiger partial charge in [-0.2, -0.15) is 8.42 Å². The van der Waals surface area contributed by atoms with Gasteiger partial charge in [0.2, 0.25) is 0 Å². The SMILES string of the molecule is CCCCCCCc1c([O-])cccc1Oc1cccc(S(=O)(=O)O)c1.[Na+]. The van der Waals surface area contributed by atoms with Crippen LogP contribution in [0.25, 0.3) is 0 Å². The number of rotatable bonds is 9. The van der Waals surface area contributed by atoms with Gasteiger partial charge in [0.15, 0.2) is 0 Å². The molecule has 0 aliphatic carbocycles. The zero-order valence-corrected chi connectivity index (χ0v) is 18.1. The van der Waals surface area contributed by atoms with Crippen LogP contribution < -0.4 is 39.4 Å². The van der Waals surface area contributed by atoms with Crippen LogP contribution >= 0.6 is 0 Å². The molecule has 0 atom stereocenters. The fourth-order valence-corrected chi connectivity index (χ4v) is 3.13. The first-order valence-corrected chi connectivity index (χ1v) is 9.90. The number of hydrogen-bond acceptors (Lipinski definition) is 4. The van der Waals surface area contributed by atoms with E-state index in [4.69, 9.17) is 9.29 Å². The second kappa shape index (κ2) is 10.9. The molecule has 26 heavy (non-hydrogen) atoms. The van der Waals surface area contributed by atoms with Crippen molar-refractivity contribution in [3.05, 3.63) is 48.0 Å². The Morgan fingerprint density at radius 2 is 1.73 bits per heavy atom. The minimum Gasteiger partial charge on any atom is -0.872 e. The van der Waals surface area contributed by atoms with E-state index < -0.39 is 10.1 Å². The van der Waals surface area contributed by atoms with Crippen molar-refractivity contribution < 1.29 is 52.4 Å². The maximum atomic E-state index is 12.2. The van der Waals surface area contributed by atoms with Crippen molar-refractivity contribution in [1.82, 2.24) is 0 Å². The second-order valence-corrected chi connectivity index (χ2v) is 7.37. The first-order chi connectivity index (χ1) is 11.9. The predicted octanol–water partition coefficient (Wildman–Crippen LogP) is 1.32. The molecule has 0 unspecified atom stereocenters. The Labute approximate surface area is 177 Å². The minimum absolute atomic E-state index is 0. The van der Waals surface area contributed by atoms with Crippen LogP contribution in [0.2, 0.25) is 0 Å². The molecule has 1 N–H and O–H groups in total. The first kappa shape index (κ1) is 23.0. The van der Waals surface area contributed by atoms with E-state index in [-0.39, 0.29) is 46.0 Å². The van der Waals surface area contributed by atoms with Crippen LogP contribution in [-0.4, -0.2) is 13.0 Å². The summed E-state index contributed by atoms with van der Waals surface area (Å²) < 4.78 is 37.3. The van der Waals surface area contributed by atoms with Gasteiger partial charge >= 0.3 is 29.6 Å². The van der Waals surface area contributed by atoms with Gasteiger partial charge in [0.05, 0.1) is 4.90 Å². The number of benzene rings is 2. The maximum Gasteiger partial charge on any atom is 1.00 e. The summed E-state index contributed by atoms with van der Waals surface area (Å²) in [6.45, 7) is 2.15. The summed E-state index contributed by atoms with van der Waals surface area (Å²) in [6.07, 6.45) is 6.07. The summed E-state index contributed by atoms with van der Waals surface area (Å²) >= 11 is 0. The minimum atomic E-state index is -4.30. The van der Waals surface area contributed by atoms with Gasteiger partial charge in [-0.25, -0.2) is 0 Å². The summed E-state index contributed by atoms with van der Waals surface area (Å²) in [6, 6.07) is 10.4. The van der Waals surface area contributed by atoms with Crippen LogP contribution in [0, 0.1) is 0 Å². The Kier molecular flexibility index (Phi) is 9.68. The van der Waals surface area contributed by atoms with Crippen molar-refractivity contribution >= 4 is 10.1 Å². The molecule has 5 nitrogen and oxygen atoms in total. The van der Waals surface area contributed by atoms with E-state index in [0.29, 0.717) is 17.7 Å². The Balaban J connectivity index is 0.00000338. The van der Waals surface area contributed by atoms with Gasteiger partial charge < -0.3 is 9.84 Å². The Morgan fingerprint density at radius 3 is 2.42 bits per heavy atom. The summed E-state index contributed by atoms with van der Waals surface area (Å²) in [5.74, 6) is 0.599. The van der Waals surface area contributed by atoms with Gasteiger partial charge in [0.1, 0.15) is 11.5 Å². The molecule has 0 bridgehead atoms. The summed E-state index contributed by atoms with van der Waals surface area (Å²) in [4.78, 5) is -0.246. The third-order valence-corrected chi connectivity index (χ3v) is 4.80. The van der Waals surface area contributed by atoms with Gasteiger partial charge in [0, 0.05) is 6.07 Å². The zero-order valence-electron chi connectivity index (χ0n) is 15.3. The smallest absolute Gasteiger partial charge is 0.872 e. The molecule has 0 saturated carbocycles. The predicted molar refractivity (Wildman–Crippen MR) is 94.7 cm³/mol. The molecule has 2 rings (SSSR count). The number of ether oxygens (including phenoxy) is 1. The van der Waals surface area contributed by atoms with Crippen LogP contribution in [-0.2, 0) is 16.5 Å². The van der Waals surface area contributed by atoms with E-state index in [2.05, 4.69) is 6.92 Å². The molecule has 136 valence electrons. The summed E-state index contributed by atoms with van der Waals surface area (Å²) in [7, 11) is -4.30. The molecule has 0 aromatic heterocycles. The van der Waals surface area contributed by atoms with Crippen molar-refractivity contribution in [1.29, 1.82) is 0 Å². The number of hydrogen-bond donors (Lipinski definition) is 1. The van der Waals surface area contributed by atoms with E-state index in [1.807, 2.05) is 0 Å². The van der Waals surface area contributed by atoms with Gasteiger partial charge in [-0.05, 0) is 36.6 Å². The van der Waals surface area contributed by atoms with Gasteiger partial charge in [-0.1, -0.05) is 50.8 Å². The molecule has 0 aliphatic heterocycles. The van der Waals surface area contributed by atoms with Gasteiger partial charge in [-0.15, -0.1) is 5.75 Å². The fourth-order valence-electron chi connectivity index (χ4n) is 2.62. The van der Waals surface area contributed by atoms with Crippen molar-refractivity contribution in [2.75, 3.05) is 0 Å². The first-order valence-electron chi connectivity index (χ1n) is 8.46. The van der Waals surface area contributed by atoms with E-state index in [0.717, 1.165) is 25.7 Å². The van der Waals surface area contributed by atoms with Crippen molar-refractivity contribution in [3.8, 4) is 17.2 Å². The standard InChI is InChI=1S/C19H24O5S.Na/c1-2-3-4-5-6-11-17-18(20)12-8-13-19(17)24-15-9-7-10-16(14-15)25(21,22)23;/h7-10,12-14,20H,2-6,11H2,1H3,(H,21,22,23);/q;+1/p-1. The Morgan fingerprint density at radius 1 is 1.04 bits per heavy atom. The van der Waals surface area contributed by atoms with E-state index >= 15 is 0 Å². The normalized spacial score (nSPS) is 11.0. The molecule has 7 heteroatoms. The van der Waals surface area contributed by atoms with Crippen molar-refractivity contribution in [2.24, 2.45) is 0 Å². The molecule has 0 spiro atoms. The Bertz CT molecular complexity index is 805. The average molecular weight is 386 g/mol. The van der Waals surface area contributed by atoms with Crippen LogP contribution in [0.4, 0.5) is 0 Å². The number of unbranched alkanes of at least 4 members (excludes halogenated alkanes) is 4. The molecular weight excluding hydrogens is 363 g/mol. The topological polar surface area (TPSA) is 86.7 Å². The van der Waals surface area contributed by atoms with Crippen LogP contribution in [0.15, 0.2) is 47.4 Å². The fraction of sp³-hybridized carbons (Fsp3) is 0.368. The third kappa shape index (κ3) is 6.93. The third-order valence-electron chi connectivity index (χ3n) is 3.95. The van der Waals surface area contributed by atoms with Gasteiger partial charge in [-0.3, -0.25) is 4.55 Å². The van der Waals surface area contributed by atoms with Crippen LogP contribution in [0.3, 0.4) is 0 Å². The molecule has 0 saturated heterocycles. The summed E-state index contributed by atoms with van der Waals surface area (Å²) in [5, 5.41) is 12.2. The maximum absolute atomic E-state index is 12.2.